The lowest BCUT2D eigenvalue weighted by atomic mass is 10.1. The first-order valence-electron chi connectivity index (χ1n) is 10.1. The van der Waals surface area contributed by atoms with Gasteiger partial charge in [-0.25, -0.2) is 8.42 Å². The minimum Gasteiger partial charge on any atom is -0.322 e. The lowest BCUT2D eigenvalue weighted by molar-refractivity contribution is 0.102. The summed E-state index contributed by atoms with van der Waals surface area (Å²) in [6.07, 6.45) is 1.21. The van der Waals surface area contributed by atoms with Gasteiger partial charge in [0.2, 0.25) is 10.0 Å². The quantitative estimate of drug-likeness (QED) is 0.582. The number of rotatable bonds is 6. The van der Waals surface area contributed by atoms with Crippen molar-refractivity contribution in [2.75, 3.05) is 15.9 Å². The highest BCUT2D eigenvalue weighted by atomic mass is 32.2. The number of hydrogen-bond acceptors (Lipinski definition) is 3. The molecule has 0 radical (unpaired) electrons. The molecule has 5 nitrogen and oxygen atoms in total. The minimum absolute atomic E-state index is 0.197. The zero-order chi connectivity index (χ0) is 22.8. The lowest BCUT2D eigenvalue weighted by Crippen LogP contribution is -2.30. The van der Waals surface area contributed by atoms with Crippen LogP contribution in [0.3, 0.4) is 0 Å². The van der Waals surface area contributed by atoms with Crippen molar-refractivity contribution in [2.45, 2.75) is 34.2 Å². The van der Waals surface area contributed by atoms with Gasteiger partial charge in [0.1, 0.15) is 0 Å². The molecule has 1 N–H and O–H groups in total. The number of nitrogens with zero attached hydrogens (tertiary/aromatic N) is 1. The molecule has 0 aliphatic carbocycles. The summed E-state index contributed by atoms with van der Waals surface area (Å²) in [5.41, 5.74) is 6.78. The second-order valence-corrected chi connectivity index (χ2v) is 9.99. The Hall–Kier alpha value is -3.12. The van der Waals surface area contributed by atoms with Gasteiger partial charge in [-0.3, -0.25) is 9.10 Å². The fourth-order valence-electron chi connectivity index (χ4n) is 3.55. The highest BCUT2D eigenvalue weighted by molar-refractivity contribution is 7.92. The first-order valence-corrected chi connectivity index (χ1v) is 11.9. The van der Waals surface area contributed by atoms with Crippen LogP contribution in [0.1, 0.15) is 38.2 Å². The number of carbonyl (C=O) groups excluding carboxylic acids is 1. The molecule has 0 fully saturated rings. The molecule has 0 spiro atoms. The lowest BCUT2D eigenvalue weighted by Gasteiger charge is -2.25. The molecule has 1 amide bonds. The zero-order valence-electron chi connectivity index (χ0n) is 18.6. The van der Waals surface area contributed by atoms with Crippen LogP contribution in [0.5, 0.6) is 0 Å². The van der Waals surface area contributed by atoms with Gasteiger partial charge in [-0.15, -0.1) is 0 Å². The number of aryl methyl sites for hydroxylation is 4. The van der Waals surface area contributed by atoms with Gasteiger partial charge in [0, 0.05) is 11.3 Å². The van der Waals surface area contributed by atoms with Crippen LogP contribution in [0.25, 0.3) is 0 Å². The Bertz CT molecular complexity index is 1200. The summed E-state index contributed by atoms with van der Waals surface area (Å²) in [5, 5.41) is 2.92. The largest absolute Gasteiger partial charge is 0.322 e. The highest BCUT2D eigenvalue weighted by Crippen LogP contribution is 2.26. The third-order valence-corrected chi connectivity index (χ3v) is 6.18. The average Bonchev–Trinajstić information content (AvgIpc) is 2.67. The summed E-state index contributed by atoms with van der Waals surface area (Å²) in [6, 6.07) is 18.7. The Balaban J connectivity index is 1.81. The van der Waals surface area contributed by atoms with E-state index < -0.39 is 10.0 Å². The standard InChI is InChI=1S/C25H28N2O3S/c1-17-6-7-20(4)24(15-17)27(31(5,29)30)16-21-8-10-22(11-9-21)25(28)26-23-13-18(2)12-19(3)14-23/h6-15H,16H2,1-5H3,(H,26,28). The van der Waals surface area contributed by atoms with Crippen LogP contribution >= 0.6 is 0 Å². The van der Waals surface area contributed by atoms with Crippen molar-refractivity contribution < 1.29 is 13.2 Å². The van der Waals surface area contributed by atoms with E-state index in [1.54, 1.807) is 24.3 Å². The van der Waals surface area contributed by atoms with Gasteiger partial charge in [-0.2, -0.15) is 0 Å². The first kappa shape index (κ1) is 22.6. The monoisotopic (exact) mass is 436 g/mol. The van der Waals surface area contributed by atoms with Crippen molar-refractivity contribution in [1.29, 1.82) is 0 Å². The number of amides is 1. The van der Waals surface area contributed by atoms with Gasteiger partial charge in [-0.05, 0) is 85.8 Å². The summed E-state index contributed by atoms with van der Waals surface area (Å²) >= 11 is 0. The fraction of sp³-hybridized carbons (Fsp3) is 0.240. The summed E-state index contributed by atoms with van der Waals surface area (Å²) in [6.45, 7) is 8.00. The van der Waals surface area contributed by atoms with E-state index in [-0.39, 0.29) is 12.5 Å². The normalized spacial score (nSPS) is 11.3. The summed E-state index contributed by atoms with van der Waals surface area (Å²) in [5.74, 6) is -0.203. The molecule has 0 unspecified atom stereocenters. The Morgan fingerprint density at radius 1 is 0.839 bits per heavy atom. The Morgan fingerprint density at radius 2 is 1.45 bits per heavy atom. The van der Waals surface area contributed by atoms with E-state index in [0.29, 0.717) is 11.3 Å². The maximum absolute atomic E-state index is 12.6. The summed E-state index contributed by atoms with van der Waals surface area (Å²) in [7, 11) is -3.48. The molecule has 0 heterocycles. The van der Waals surface area contributed by atoms with E-state index in [9.17, 15) is 13.2 Å². The molecule has 0 atom stereocenters. The van der Waals surface area contributed by atoms with Crippen LogP contribution in [0.4, 0.5) is 11.4 Å². The fourth-order valence-corrected chi connectivity index (χ4v) is 4.48. The topological polar surface area (TPSA) is 66.5 Å². The van der Waals surface area contributed by atoms with Gasteiger partial charge in [0.05, 0.1) is 18.5 Å². The smallest absolute Gasteiger partial charge is 0.255 e. The van der Waals surface area contributed by atoms with E-state index in [0.717, 1.165) is 33.5 Å². The molecular weight excluding hydrogens is 408 g/mol. The zero-order valence-corrected chi connectivity index (χ0v) is 19.4. The third-order valence-electron chi connectivity index (χ3n) is 5.06. The molecule has 3 rings (SSSR count). The van der Waals surface area contributed by atoms with E-state index in [2.05, 4.69) is 5.32 Å². The van der Waals surface area contributed by atoms with Crippen molar-refractivity contribution in [2.24, 2.45) is 0 Å². The summed E-state index contributed by atoms with van der Waals surface area (Å²) < 4.78 is 26.4. The summed E-state index contributed by atoms with van der Waals surface area (Å²) in [4.78, 5) is 12.6. The van der Waals surface area contributed by atoms with Gasteiger partial charge in [0.15, 0.2) is 0 Å². The molecule has 0 bridgehead atoms. The van der Waals surface area contributed by atoms with Crippen molar-refractivity contribution in [3.05, 3.63) is 94.0 Å². The number of sulfonamides is 1. The average molecular weight is 437 g/mol. The second-order valence-electron chi connectivity index (χ2n) is 8.09. The Morgan fingerprint density at radius 3 is 2.03 bits per heavy atom. The Labute approximate surface area is 184 Å². The van der Waals surface area contributed by atoms with Crippen molar-refractivity contribution in [3.8, 4) is 0 Å². The molecule has 0 aromatic heterocycles. The molecule has 31 heavy (non-hydrogen) atoms. The maximum Gasteiger partial charge on any atom is 0.255 e. The van der Waals surface area contributed by atoms with Crippen LogP contribution in [-0.2, 0) is 16.6 Å². The van der Waals surface area contributed by atoms with Crippen LogP contribution < -0.4 is 9.62 Å². The molecular formula is C25H28N2O3S. The third kappa shape index (κ3) is 5.73. The Kier molecular flexibility index (Phi) is 6.51. The number of benzene rings is 3. The predicted octanol–water partition coefficient (Wildman–Crippen LogP) is 5.14. The van der Waals surface area contributed by atoms with Crippen molar-refractivity contribution >= 4 is 27.3 Å². The van der Waals surface area contributed by atoms with Crippen LogP contribution in [0.15, 0.2) is 60.7 Å². The minimum atomic E-state index is -3.48. The number of carbonyl (C=O) groups is 1. The van der Waals surface area contributed by atoms with Gasteiger partial charge in [-0.1, -0.05) is 30.3 Å². The number of nitrogens with one attached hydrogen (secondary N) is 1. The van der Waals surface area contributed by atoms with Crippen molar-refractivity contribution in [3.63, 3.8) is 0 Å². The molecule has 0 saturated carbocycles. The molecule has 0 saturated heterocycles. The van der Waals surface area contributed by atoms with Gasteiger partial charge in [0.25, 0.3) is 5.91 Å². The number of hydrogen-bond donors (Lipinski definition) is 1. The number of anilines is 2. The van der Waals surface area contributed by atoms with Gasteiger partial charge >= 0.3 is 0 Å². The highest BCUT2D eigenvalue weighted by Gasteiger charge is 2.20. The molecule has 6 heteroatoms. The van der Waals surface area contributed by atoms with E-state index in [1.807, 2.05) is 64.1 Å². The van der Waals surface area contributed by atoms with Crippen LogP contribution in [0.2, 0.25) is 0 Å². The van der Waals surface area contributed by atoms with E-state index in [4.69, 9.17) is 0 Å². The molecule has 162 valence electrons. The van der Waals surface area contributed by atoms with Crippen LogP contribution in [-0.4, -0.2) is 20.6 Å². The maximum atomic E-state index is 12.6. The second kappa shape index (κ2) is 8.94. The van der Waals surface area contributed by atoms with E-state index >= 15 is 0 Å². The molecule has 3 aromatic carbocycles. The predicted molar refractivity (Wildman–Crippen MR) is 127 cm³/mol. The molecule has 0 aliphatic heterocycles. The SMILES string of the molecule is Cc1cc(C)cc(NC(=O)c2ccc(CN(c3cc(C)ccc3C)S(C)(=O)=O)cc2)c1. The molecule has 0 aliphatic rings. The van der Waals surface area contributed by atoms with E-state index in [1.165, 1.54) is 10.6 Å². The molecule has 3 aromatic rings. The van der Waals surface area contributed by atoms with Crippen molar-refractivity contribution in [1.82, 2.24) is 0 Å². The van der Waals surface area contributed by atoms with Gasteiger partial charge < -0.3 is 5.32 Å². The van der Waals surface area contributed by atoms with Crippen LogP contribution in [0, 0.1) is 27.7 Å². The first-order chi connectivity index (χ1) is 14.5.